The minimum absolute atomic E-state index is 0. The van der Waals surface area contributed by atoms with Crippen LogP contribution in [-0.4, -0.2) is 30.7 Å². The lowest BCUT2D eigenvalue weighted by Crippen LogP contribution is -2.47. The van der Waals surface area contributed by atoms with Gasteiger partial charge < -0.3 is 10.6 Å². The van der Waals surface area contributed by atoms with Crippen LogP contribution in [0.5, 0.6) is 0 Å². The normalized spacial score (nSPS) is 10.8. The van der Waals surface area contributed by atoms with E-state index in [0.717, 1.165) is 0 Å². The molecule has 0 aromatic heterocycles. The molecule has 0 amide bonds. The summed E-state index contributed by atoms with van der Waals surface area (Å²) in [4.78, 5) is 0. The number of quaternary nitrogens is 2. The molecule has 0 heterocycles. The molecule has 0 aromatic rings. The Bertz CT molecular complexity index is 50.1. The molecule has 0 unspecified atom stereocenters. The van der Waals surface area contributed by atoms with Crippen molar-refractivity contribution in [3.63, 3.8) is 0 Å². The van der Waals surface area contributed by atoms with Gasteiger partial charge in [0, 0.05) is 0 Å². The Morgan fingerprint density at radius 1 is 0.700 bits per heavy atom. The first-order valence-corrected chi connectivity index (χ1v) is 4.09. The topological polar surface area (TPSA) is 36.5 Å². The van der Waals surface area contributed by atoms with Crippen LogP contribution in [0.4, 0.5) is 0 Å². The Morgan fingerprint density at radius 2 is 0.900 bits per heavy atom. The summed E-state index contributed by atoms with van der Waals surface area (Å²) in [5.74, 6) is 0. The van der Waals surface area contributed by atoms with E-state index in [1.54, 1.807) is 0 Å². The van der Waals surface area contributed by atoms with Crippen molar-refractivity contribution in [1.29, 1.82) is 0 Å². The van der Waals surface area contributed by atoms with Crippen LogP contribution < -0.4 is 6.15 Å². The standard InChI is InChI=1S/C8H20N.H3N/c1-5-9(6-2,7-3)8-4;/h5-8H2,1-4H3;1H3/q+1;/p+1. The predicted octanol–water partition coefficient (Wildman–Crippen LogP) is 2.26. The summed E-state index contributed by atoms with van der Waals surface area (Å²) < 4.78 is 1.28. The lowest BCUT2D eigenvalue weighted by molar-refractivity contribution is -0.921. The molecule has 0 saturated carbocycles. The monoisotopic (exact) mass is 148 g/mol. The molecule has 4 N–H and O–H groups in total. The first-order chi connectivity index (χ1) is 4.24. The van der Waals surface area contributed by atoms with Crippen LogP contribution in [0, 0.1) is 0 Å². The molecule has 0 aliphatic heterocycles. The Balaban J connectivity index is 0. The van der Waals surface area contributed by atoms with Gasteiger partial charge in [-0.25, -0.2) is 0 Å². The molecule has 2 nitrogen and oxygen atoms in total. The summed E-state index contributed by atoms with van der Waals surface area (Å²) in [5, 5.41) is 0. The fourth-order valence-corrected chi connectivity index (χ4v) is 1.34. The second-order valence-electron chi connectivity index (χ2n) is 2.61. The summed E-state index contributed by atoms with van der Waals surface area (Å²) in [6.07, 6.45) is 0. The molecule has 0 saturated heterocycles. The van der Waals surface area contributed by atoms with Crippen molar-refractivity contribution in [3.05, 3.63) is 0 Å². The Labute approximate surface area is 65.4 Å². The third kappa shape index (κ3) is 2.67. The smallest absolute Gasteiger partial charge is 0.0757 e. The molecule has 0 rings (SSSR count). The van der Waals surface area contributed by atoms with E-state index in [-0.39, 0.29) is 6.15 Å². The average Bonchev–Trinajstić information content (AvgIpc) is 1.95. The minimum Gasteiger partial charge on any atom is -0.369 e. The fourth-order valence-electron chi connectivity index (χ4n) is 1.34. The van der Waals surface area contributed by atoms with Crippen molar-refractivity contribution in [3.8, 4) is 0 Å². The first kappa shape index (κ1) is 12.6. The fraction of sp³-hybridized carbons (Fsp3) is 1.00. The van der Waals surface area contributed by atoms with Gasteiger partial charge >= 0.3 is 0 Å². The summed E-state index contributed by atoms with van der Waals surface area (Å²) >= 11 is 0. The summed E-state index contributed by atoms with van der Waals surface area (Å²) in [6, 6.07) is 0. The molecular formula is C8H24N2+2. The van der Waals surface area contributed by atoms with Crippen molar-refractivity contribution >= 4 is 0 Å². The SMILES string of the molecule is CC[N+](CC)(CC)CC.[NH4+]. The van der Waals surface area contributed by atoms with E-state index in [2.05, 4.69) is 27.7 Å². The van der Waals surface area contributed by atoms with E-state index in [1.807, 2.05) is 0 Å². The van der Waals surface area contributed by atoms with E-state index in [1.165, 1.54) is 30.7 Å². The molecule has 0 aromatic carbocycles. The second-order valence-corrected chi connectivity index (χ2v) is 2.61. The summed E-state index contributed by atoms with van der Waals surface area (Å²) in [5.41, 5.74) is 0. The Hall–Kier alpha value is -0.0800. The van der Waals surface area contributed by atoms with Gasteiger partial charge in [0.1, 0.15) is 0 Å². The summed E-state index contributed by atoms with van der Waals surface area (Å²) in [7, 11) is 0. The molecule has 64 valence electrons. The van der Waals surface area contributed by atoms with Crippen LogP contribution in [0.15, 0.2) is 0 Å². The van der Waals surface area contributed by atoms with E-state index in [9.17, 15) is 0 Å². The van der Waals surface area contributed by atoms with Crippen LogP contribution in [0.2, 0.25) is 0 Å². The zero-order valence-corrected chi connectivity index (χ0v) is 8.28. The van der Waals surface area contributed by atoms with Gasteiger partial charge in [0.25, 0.3) is 0 Å². The van der Waals surface area contributed by atoms with Crippen LogP contribution >= 0.6 is 0 Å². The maximum atomic E-state index is 2.27. The lowest BCUT2D eigenvalue weighted by atomic mass is 10.3. The van der Waals surface area contributed by atoms with Crippen molar-refractivity contribution in [2.75, 3.05) is 26.2 Å². The third-order valence-electron chi connectivity index (χ3n) is 2.68. The van der Waals surface area contributed by atoms with Gasteiger partial charge in [-0.15, -0.1) is 0 Å². The Kier molecular flexibility index (Phi) is 7.15. The zero-order chi connectivity index (χ0) is 7.33. The van der Waals surface area contributed by atoms with Gasteiger partial charge in [0.2, 0.25) is 0 Å². The molecule has 0 aliphatic carbocycles. The highest BCUT2D eigenvalue weighted by atomic mass is 15.3. The highest BCUT2D eigenvalue weighted by Crippen LogP contribution is 2.03. The molecule has 0 atom stereocenters. The maximum absolute atomic E-state index is 2.27. The van der Waals surface area contributed by atoms with Crippen LogP contribution in [0.3, 0.4) is 0 Å². The van der Waals surface area contributed by atoms with Gasteiger partial charge in [-0.2, -0.15) is 0 Å². The third-order valence-corrected chi connectivity index (χ3v) is 2.68. The molecule has 0 radical (unpaired) electrons. The second kappa shape index (κ2) is 5.69. The molecular weight excluding hydrogens is 124 g/mol. The minimum atomic E-state index is 0. The number of nitrogens with zero attached hydrogens (tertiary/aromatic N) is 1. The number of hydrogen-bond donors (Lipinski definition) is 1. The van der Waals surface area contributed by atoms with Crippen LogP contribution in [0.25, 0.3) is 0 Å². The average molecular weight is 148 g/mol. The van der Waals surface area contributed by atoms with Gasteiger partial charge in [-0.3, -0.25) is 0 Å². The van der Waals surface area contributed by atoms with Gasteiger partial charge in [0.15, 0.2) is 0 Å². The van der Waals surface area contributed by atoms with Gasteiger partial charge in [-0.05, 0) is 27.7 Å². The number of rotatable bonds is 4. The van der Waals surface area contributed by atoms with E-state index < -0.39 is 0 Å². The highest BCUT2D eigenvalue weighted by molar-refractivity contribution is 4.31. The van der Waals surface area contributed by atoms with Crippen LogP contribution in [-0.2, 0) is 0 Å². The van der Waals surface area contributed by atoms with E-state index in [0.29, 0.717) is 0 Å². The molecule has 0 spiro atoms. The van der Waals surface area contributed by atoms with E-state index in [4.69, 9.17) is 0 Å². The molecule has 2 heteroatoms. The van der Waals surface area contributed by atoms with Crippen molar-refractivity contribution < 1.29 is 4.48 Å². The molecule has 10 heavy (non-hydrogen) atoms. The van der Waals surface area contributed by atoms with Crippen molar-refractivity contribution in [2.45, 2.75) is 27.7 Å². The molecule has 0 aliphatic rings. The first-order valence-electron chi connectivity index (χ1n) is 4.09. The predicted molar refractivity (Wildman–Crippen MR) is 48.4 cm³/mol. The molecule has 0 bridgehead atoms. The molecule has 0 fully saturated rings. The highest BCUT2D eigenvalue weighted by Gasteiger charge is 2.16. The van der Waals surface area contributed by atoms with Gasteiger partial charge in [-0.1, -0.05) is 0 Å². The number of hydrogen-bond acceptors (Lipinski definition) is 0. The quantitative estimate of drug-likeness (QED) is 0.594. The lowest BCUT2D eigenvalue weighted by Gasteiger charge is -2.34. The van der Waals surface area contributed by atoms with Crippen molar-refractivity contribution in [2.24, 2.45) is 0 Å². The van der Waals surface area contributed by atoms with Gasteiger partial charge in [0.05, 0.1) is 26.2 Å². The van der Waals surface area contributed by atoms with Crippen molar-refractivity contribution in [1.82, 2.24) is 6.15 Å². The maximum Gasteiger partial charge on any atom is 0.0757 e. The summed E-state index contributed by atoms with van der Waals surface area (Å²) in [6.45, 7) is 14.2. The Morgan fingerprint density at radius 3 is 0.900 bits per heavy atom. The zero-order valence-electron chi connectivity index (χ0n) is 8.28. The van der Waals surface area contributed by atoms with E-state index >= 15 is 0 Å². The van der Waals surface area contributed by atoms with Crippen LogP contribution in [0.1, 0.15) is 27.7 Å². The largest absolute Gasteiger partial charge is 0.369 e.